The number of nitrogens with zero attached hydrogens (tertiary/aromatic N) is 2. The molecule has 6 nitrogen and oxygen atoms in total. The van der Waals surface area contributed by atoms with Crippen LogP contribution in [-0.4, -0.2) is 27.8 Å². The van der Waals surface area contributed by atoms with Crippen LogP contribution in [0.2, 0.25) is 0 Å². The van der Waals surface area contributed by atoms with Crippen LogP contribution in [0.3, 0.4) is 0 Å². The first-order chi connectivity index (χ1) is 6.22. The number of carboxylic acid groups (broad SMARTS) is 1. The van der Waals surface area contributed by atoms with Crippen molar-refractivity contribution in [2.24, 2.45) is 0 Å². The number of carboxylic acids is 1. The zero-order valence-corrected chi connectivity index (χ0v) is 7.28. The van der Waals surface area contributed by atoms with Gasteiger partial charge in [0.1, 0.15) is 0 Å². The number of hydrogen-bond acceptors (Lipinski definition) is 5. The highest BCUT2D eigenvalue weighted by atomic mass is 16.4. The van der Waals surface area contributed by atoms with Crippen LogP contribution in [0.25, 0.3) is 0 Å². The molecule has 0 saturated carbocycles. The molecule has 0 aliphatic rings. The van der Waals surface area contributed by atoms with Crippen molar-refractivity contribution in [3.05, 3.63) is 11.8 Å². The molecule has 13 heavy (non-hydrogen) atoms. The van der Waals surface area contributed by atoms with Gasteiger partial charge in [-0.2, -0.15) is 0 Å². The van der Waals surface area contributed by atoms with Crippen LogP contribution < -0.4 is 5.32 Å². The molecule has 0 amide bonds. The lowest BCUT2D eigenvalue weighted by molar-refractivity contribution is -0.136. The second kappa shape index (κ2) is 4.56. The van der Waals surface area contributed by atoms with E-state index in [2.05, 4.69) is 15.5 Å². The molecule has 0 aliphatic carbocycles. The zero-order valence-electron chi connectivity index (χ0n) is 7.28. The van der Waals surface area contributed by atoms with Crippen molar-refractivity contribution in [2.45, 2.75) is 19.9 Å². The standard InChI is InChI=1S/C7H11N3O3/c1-2-5-9-10-6(13-5)3-8-4-7(11)12/h8H,2-4H2,1H3,(H,11,12). The number of aryl methyl sites for hydroxylation is 1. The van der Waals surface area contributed by atoms with Crippen molar-refractivity contribution in [3.63, 3.8) is 0 Å². The van der Waals surface area contributed by atoms with Gasteiger partial charge in [-0.25, -0.2) is 0 Å². The summed E-state index contributed by atoms with van der Waals surface area (Å²) in [4.78, 5) is 10.1. The summed E-state index contributed by atoms with van der Waals surface area (Å²) in [6.07, 6.45) is 0.686. The lowest BCUT2D eigenvalue weighted by atomic mass is 10.5. The van der Waals surface area contributed by atoms with Gasteiger partial charge in [-0.15, -0.1) is 10.2 Å². The monoisotopic (exact) mass is 185 g/mol. The van der Waals surface area contributed by atoms with Crippen molar-refractivity contribution in [1.82, 2.24) is 15.5 Å². The predicted octanol–water partition coefficient (Wildman–Crippen LogP) is -0.194. The Morgan fingerprint density at radius 3 is 2.77 bits per heavy atom. The summed E-state index contributed by atoms with van der Waals surface area (Å²) in [5.41, 5.74) is 0. The van der Waals surface area contributed by atoms with Gasteiger partial charge < -0.3 is 9.52 Å². The van der Waals surface area contributed by atoms with E-state index >= 15 is 0 Å². The van der Waals surface area contributed by atoms with E-state index < -0.39 is 5.97 Å². The molecule has 0 atom stereocenters. The maximum absolute atomic E-state index is 10.1. The summed E-state index contributed by atoms with van der Waals surface area (Å²) in [6.45, 7) is 2.09. The average Bonchev–Trinajstić information content (AvgIpc) is 2.52. The second-order valence-corrected chi connectivity index (χ2v) is 2.44. The van der Waals surface area contributed by atoms with Crippen LogP contribution in [0.5, 0.6) is 0 Å². The molecule has 0 aliphatic heterocycles. The minimum atomic E-state index is -0.907. The topological polar surface area (TPSA) is 88.2 Å². The molecule has 1 aromatic rings. The fourth-order valence-electron chi connectivity index (χ4n) is 0.779. The average molecular weight is 185 g/mol. The number of rotatable bonds is 5. The molecule has 0 aromatic carbocycles. The predicted molar refractivity (Wildman–Crippen MR) is 43.0 cm³/mol. The van der Waals surface area contributed by atoms with E-state index in [-0.39, 0.29) is 6.54 Å². The van der Waals surface area contributed by atoms with E-state index in [0.29, 0.717) is 24.7 Å². The molecule has 0 saturated heterocycles. The lowest BCUT2D eigenvalue weighted by Crippen LogP contribution is -2.21. The molecule has 6 heteroatoms. The Morgan fingerprint density at radius 1 is 1.54 bits per heavy atom. The normalized spacial score (nSPS) is 10.2. The quantitative estimate of drug-likeness (QED) is 0.660. The maximum atomic E-state index is 10.1. The van der Waals surface area contributed by atoms with Crippen molar-refractivity contribution in [3.8, 4) is 0 Å². The molecule has 0 bridgehead atoms. The van der Waals surface area contributed by atoms with Gasteiger partial charge in [-0.3, -0.25) is 10.1 Å². The van der Waals surface area contributed by atoms with E-state index in [0.717, 1.165) is 0 Å². The first-order valence-electron chi connectivity index (χ1n) is 3.96. The van der Waals surface area contributed by atoms with Crippen LogP contribution in [0.15, 0.2) is 4.42 Å². The van der Waals surface area contributed by atoms with Gasteiger partial charge in [0.25, 0.3) is 0 Å². The Kier molecular flexibility index (Phi) is 3.39. The Hall–Kier alpha value is -1.43. The van der Waals surface area contributed by atoms with Crippen molar-refractivity contribution < 1.29 is 14.3 Å². The molecule has 0 radical (unpaired) electrons. The fraction of sp³-hybridized carbons (Fsp3) is 0.571. The summed E-state index contributed by atoms with van der Waals surface area (Å²) in [5, 5.41) is 18.4. The van der Waals surface area contributed by atoms with Crippen molar-refractivity contribution in [1.29, 1.82) is 0 Å². The molecule has 0 fully saturated rings. The largest absolute Gasteiger partial charge is 0.480 e. The molecule has 2 N–H and O–H groups in total. The van der Waals surface area contributed by atoms with E-state index in [9.17, 15) is 4.79 Å². The number of carbonyl (C=O) groups is 1. The van der Waals surface area contributed by atoms with E-state index in [4.69, 9.17) is 9.52 Å². The molecular formula is C7H11N3O3. The van der Waals surface area contributed by atoms with Gasteiger partial charge in [-0.1, -0.05) is 6.92 Å². The third kappa shape index (κ3) is 3.20. The van der Waals surface area contributed by atoms with Gasteiger partial charge in [0.15, 0.2) is 0 Å². The Morgan fingerprint density at radius 2 is 2.23 bits per heavy atom. The molecular weight excluding hydrogens is 174 g/mol. The second-order valence-electron chi connectivity index (χ2n) is 2.44. The van der Waals surface area contributed by atoms with E-state index in [1.54, 1.807) is 0 Å². The summed E-state index contributed by atoms with van der Waals surface area (Å²) >= 11 is 0. The van der Waals surface area contributed by atoms with Crippen LogP contribution in [0.4, 0.5) is 0 Å². The van der Waals surface area contributed by atoms with Crippen LogP contribution in [0.1, 0.15) is 18.7 Å². The lowest BCUT2D eigenvalue weighted by Gasteiger charge is -1.94. The summed E-state index contributed by atoms with van der Waals surface area (Å²) in [7, 11) is 0. The Labute approximate surface area is 75.0 Å². The number of nitrogens with one attached hydrogen (secondary N) is 1. The summed E-state index contributed by atoms with van der Waals surface area (Å²) < 4.78 is 5.14. The Balaban J connectivity index is 2.32. The first kappa shape index (κ1) is 9.66. The highest BCUT2D eigenvalue weighted by Gasteiger charge is 2.03. The zero-order chi connectivity index (χ0) is 9.68. The molecule has 1 heterocycles. The summed E-state index contributed by atoms with van der Waals surface area (Å²) in [6, 6.07) is 0. The minimum Gasteiger partial charge on any atom is -0.480 e. The summed E-state index contributed by atoms with van der Waals surface area (Å²) in [5.74, 6) is 0.0699. The van der Waals surface area contributed by atoms with Crippen LogP contribution in [-0.2, 0) is 17.8 Å². The third-order valence-electron chi connectivity index (χ3n) is 1.36. The highest BCUT2D eigenvalue weighted by molar-refractivity contribution is 5.68. The van der Waals surface area contributed by atoms with E-state index in [1.165, 1.54) is 0 Å². The molecule has 1 rings (SSSR count). The highest BCUT2D eigenvalue weighted by Crippen LogP contribution is 1.98. The molecule has 1 aromatic heterocycles. The minimum absolute atomic E-state index is 0.107. The third-order valence-corrected chi connectivity index (χ3v) is 1.36. The van der Waals surface area contributed by atoms with E-state index in [1.807, 2.05) is 6.92 Å². The maximum Gasteiger partial charge on any atom is 0.317 e. The SMILES string of the molecule is CCc1nnc(CNCC(=O)O)o1. The van der Waals surface area contributed by atoms with Gasteiger partial charge in [0, 0.05) is 6.42 Å². The smallest absolute Gasteiger partial charge is 0.317 e. The van der Waals surface area contributed by atoms with Crippen LogP contribution >= 0.6 is 0 Å². The fourth-order valence-corrected chi connectivity index (χ4v) is 0.779. The molecule has 0 spiro atoms. The van der Waals surface area contributed by atoms with Gasteiger partial charge >= 0.3 is 5.97 Å². The van der Waals surface area contributed by atoms with Gasteiger partial charge in [0.2, 0.25) is 11.8 Å². The molecule has 72 valence electrons. The number of aliphatic carboxylic acids is 1. The first-order valence-corrected chi connectivity index (χ1v) is 3.96. The van der Waals surface area contributed by atoms with Crippen molar-refractivity contribution >= 4 is 5.97 Å². The number of aromatic nitrogens is 2. The number of hydrogen-bond donors (Lipinski definition) is 2. The van der Waals surface area contributed by atoms with Crippen LogP contribution in [0, 0.1) is 0 Å². The Bertz CT molecular complexity index is 284. The molecule has 0 unspecified atom stereocenters. The van der Waals surface area contributed by atoms with Gasteiger partial charge in [-0.05, 0) is 0 Å². The van der Waals surface area contributed by atoms with Gasteiger partial charge in [0.05, 0.1) is 13.1 Å². The van der Waals surface area contributed by atoms with Crippen molar-refractivity contribution in [2.75, 3.05) is 6.54 Å².